The van der Waals surface area contributed by atoms with Crippen molar-refractivity contribution in [3.63, 3.8) is 0 Å². The van der Waals surface area contributed by atoms with Crippen molar-refractivity contribution in [3.8, 4) is 0 Å². The monoisotopic (exact) mass is 222 g/mol. The molecule has 0 saturated carbocycles. The lowest BCUT2D eigenvalue weighted by molar-refractivity contribution is 0.108. The Kier molecular flexibility index (Phi) is 5.48. The van der Waals surface area contributed by atoms with E-state index in [9.17, 15) is 4.79 Å². The molecule has 0 N–H and O–H groups in total. The van der Waals surface area contributed by atoms with Crippen LogP contribution in [-0.2, 0) is 0 Å². The summed E-state index contributed by atoms with van der Waals surface area (Å²) in [5.74, 6) is 0. The Labute approximate surface area is 96.3 Å². The van der Waals surface area contributed by atoms with Crippen LogP contribution in [0.1, 0.15) is 43.5 Å². The molecule has 0 heterocycles. The van der Waals surface area contributed by atoms with E-state index in [1.165, 1.54) is 24.6 Å². The average Bonchev–Trinajstić information content (AvgIpc) is 2.27. The molecule has 1 aromatic rings. The van der Waals surface area contributed by atoms with Gasteiger partial charge in [0.2, 0.25) is 5.12 Å². The Balaban J connectivity index is 2.42. The normalized spacial score (nSPS) is 12.4. The first-order chi connectivity index (χ1) is 7.24. The van der Waals surface area contributed by atoms with E-state index < -0.39 is 0 Å². The predicted octanol–water partition coefficient (Wildman–Crippen LogP) is 4.14. The Hall–Kier alpha value is -0.760. The van der Waals surface area contributed by atoms with Gasteiger partial charge in [-0.15, -0.1) is 0 Å². The third-order valence-electron chi connectivity index (χ3n) is 2.28. The highest BCUT2D eigenvalue weighted by atomic mass is 32.2. The van der Waals surface area contributed by atoms with Crippen LogP contribution in [0.25, 0.3) is 0 Å². The summed E-state index contributed by atoms with van der Waals surface area (Å²) in [6.07, 6.45) is 3.53. The van der Waals surface area contributed by atoms with E-state index in [0.29, 0.717) is 5.25 Å². The molecule has 15 heavy (non-hydrogen) atoms. The fourth-order valence-corrected chi connectivity index (χ4v) is 2.30. The fourth-order valence-electron chi connectivity index (χ4n) is 1.38. The van der Waals surface area contributed by atoms with Crippen molar-refractivity contribution in [2.45, 2.75) is 38.4 Å². The van der Waals surface area contributed by atoms with Crippen molar-refractivity contribution in [3.05, 3.63) is 35.9 Å². The molecule has 1 unspecified atom stereocenters. The van der Waals surface area contributed by atoms with Crippen molar-refractivity contribution in [2.75, 3.05) is 0 Å². The number of carbonyl (C=O) groups excluding carboxylic acids is 1. The maximum Gasteiger partial charge on any atom is 0.219 e. The van der Waals surface area contributed by atoms with Gasteiger partial charge in [0.25, 0.3) is 0 Å². The smallest absolute Gasteiger partial charge is 0.219 e. The van der Waals surface area contributed by atoms with Gasteiger partial charge in [0, 0.05) is 10.8 Å². The third kappa shape index (κ3) is 4.52. The van der Waals surface area contributed by atoms with Gasteiger partial charge >= 0.3 is 0 Å². The molecule has 0 fully saturated rings. The molecule has 0 spiro atoms. The van der Waals surface area contributed by atoms with E-state index in [4.69, 9.17) is 0 Å². The van der Waals surface area contributed by atoms with Crippen LogP contribution in [0.3, 0.4) is 0 Å². The number of unbranched alkanes of at least 4 members (excludes halogenated alkanes) is 1. The molecule has 1 aromatic carbocycles. The Morgan fingerprint density at radius 3 is 2.60 bits per heavy atom. The first-order valence-corrected chi connectivity index (χ1v) is 6.38. The number of benzene rings is 1. The van der Waals surface area contributed by atoms with Crippen LogP contribution < -0.4 is 0 Å². The zero-order valence-corrected chi connectivity index (χ0v) is 10.2. The van der Waals surface area contributed by atoms with Gasteiger partial charge in [-0.25, -0.2) is 0 Å². The molecule has 0 aliphatic carbocycles. The van der Waals surface area contributed by atoms with Crippen LogP contribution in [-0.4, -0.2) is 10.4 Å². The lowest BCUT2D eigenvalue weighted by atomic mass is 10.2. The molecule has 0 aliphatic rings. The Morgan fingerprint density at radius 2 is 2.00 bits per heavy atom. The van der Waals surface area contributed by atoms with Crippen LogP contribution in [0.5, 0.6) is 0 Å². The van der Waals surface area contributed by atoms with Crippen molar-refractivity contribution in [2.24, 2.45) is 0 Å². The summed E-state index contributed by atoms with van der Waals surface area (Å²) >= 11 is 1.45. The summed E-state index contributed by atoms with van der Waals surface area (Å²) in [4.78, 5) is 11.8. The second-order valence-corrected chi connectivity index (χ2v) is 5.14. The van der Waals surface area contributed by atoms with Crippen molar-refractivity contribution in [1.82, 2.24) is 0 Å². The van der Waals surface area contributed by atoms with Gasteiger partial charge in [-0.05, 0) is 6.42 Å². The summed E-state index contributed by atoms with van der Waals surface area (Å²) in [5.41, 5.74) is 0.811. The minimum Gasteiger partial charge on any atom is -0.282 e. The summed E-state index contributed by atoms with van der Waals surface area (Å²) < 4.78 is 0. The zero-order valence-electron chi connectivity index (χ0n) is 9.40. The first kappa shape index (κ1) is 12.3. The number of thioether (sulfide) groups is 1. The van der Waals surface area contributed by atoms with Crippen LogP contribution in [0.4, 0.5) is 0 Å². The van der Waals surface area contributed by atoms with Gasteiger partial charge in [0.15, 0.2) is 0 Å². The molecule has 1 atom stereocenters. The maximum atomic E-state index is 11.8. The zero-order chi connectivity index (χ0) is 11.1. The van der Waals surface area contributed by atoms with E-state index in [2.05, 4.69) is 13.8 Å². The third-order valence-corrected chi connectivity index (χ3v) is 3.37. The van der Waals surface area contributed by atoms with E-state index in [-0.39, 0.29) is 5.12 Å². The maximum absolute atomic E-state index is 11.8. The molecular weight excluding hydrogens is 204 g/mol. The van der Waals surface area contributed by atoms with Gasteiger partial charge in [0.05, 0.1) is 0 Å². The molecule has 1 nitrogen and oxygen atoms in total. The van der Waals surface area contributed by atoms with E-state index in [1.54, 1.807) is 0 Å². The number of rotatable bonds is 5. The molecule has 0 bridgehead atoms. The second-order valence-electron chi connectivity index (χ2n) is 3.72. The highest BCUT2D eigenvalue weighted by molar-refractivity contribution is 8.14. The van der Waals surface area contributed by atoms with Gasteiger partial charge < -0.3 is 0 Å². The number of carbonyl (C=O) groups is 1. The van der Waals surface area contributed by atoms with Gasteiger partial charge in [-0.1, -0.05) is 68.8 Å². The van der Waals surface area contributed by atoms with Crippen molar-refractivity contribution >= 4 is 16.9 Å². The van der Waals surface area contributed by atoms with Gasteiger partial charge in [-0.2, -0.15) is 0 Å². The number of hydrogen-bond acceptors (Lipinski definition) is 2. The molecule has 0 aliphatic heterocycles. The lowest BCUT2D eigenvalue weighted by Crippen LogP contribution is -2.02. The predicted molar refractivity (Wildman–Crippen MR) is 67.4 cm³/mol. The van der Waals surface area contributed by atoms with E-state index in [1.807, 2.05) is 30.3 Å². The Morgan fingerprint density at radius 1 is 1.33 bits per heavy atom. The van der Waals surface area contributed by atoms with Crippen LogP contribution in [0, 0.1) is 0 Å². The second kappa shape index (κ2) is 6.67. The molecular formula is C13H18OS. The lowest BCUT2D eigenvalue weighted by Gasteiger charge is -2.08. The topological polar surface area (TPSA) is 17.1 Å². The van der Waals surface area contributed by atoms with Crippen molar-refractivity contribution < 1.29 is 4.79 Å². The summed E-state index contributed by atoms with van der Waals surface area (Å²) in [5, 5.41) is 0.622. The molecule has 82 valence electrons. The summed E-state index contributed by atoms with van der Waals surface area (Å²) in [6, 6.07) is 9.50. The highest BCUT2D eigenvalue weighted by Crippen LogP contribution is 2.21. The van der Waals surface area contributed by atoms with E-state index in [0.717, 1.165) is 12.0 Å². The Bertz CT molecular complexity index is 295. The molecule has 2 heteroatoms. The quantitative estimate of drug-likeness (QED) is 0.745. The van der Waals surface area contributed by atoms with Gasteiger partial charge in [-0.3, -0.25) is 4.79 Å². The van der Waals surface area contributed by atoms with E-state index >= 15 is 0 Å². The molecule has 0 radical (unpaired) electrons. The van der Waals surface area contributed by atoms with Gasteiger partial charge in [0.1, 0.15) is 0 Å². The largest absolute Gasteiger partial charge is 0.282 e. The van der Waals surface area contributed by atoms with Crippen LogP contribution >= 0.6 is 11.8 Å². The molecule has 0 saturated heterocycles. The number of hydrogen-bond donors (Lipinski definition) is 0. The highest BCUT2D eigenvalue weighted by Gasteiger charge is 2.10. The molecule has 0 aromatic heterocycles. The average molecular weight is 222 g/mol. The minimum atomic E-state index is 0.194. The van der Waals surface area contributed by atoms with Crippen molar-refractivity contribution in [1.29, 1.82) is 0 Å². The minimum absolute atomic E-state index is 0.194. The molecule has 1 rings (SSSR count). The SMILES string of the molecule is CCCCC(C)SC(=O)c1ccccc1. The fraction of sp³-hybridized carbons (Fsp3) is 0.462. The first-order valence-electron chi connectivity index (χ1n) is 5.50. The standard InChI is InChI=1S/C13H18OS/c1-3-4-8-11(2)15-13(14)12-9-6-5-7-10-12/h5-7,9-11H,3-4,8H2,1-2H3. The summed E-state index contributed by atoms with van der Waals surface area (Å²) in [6.45, 7) is 4.30. The van der Waals surface area contributed by atoms with Crippen LogP contribution in [0.15, 0.2) is 30.3 Å². The summed E-state index contributed by atoms with van der Waals surface area (Å²) in [7, 11) is 0. The van der Waals surface area contributed by atoms with Crippen LogP contribution in [0.2, 0.25) is 0 Å². The molecule has 0 amide bonds.